The summed E-state index contributed by atoms with van der Waals surface area (Å²) in [7, 11) is 4.71. The largest absolute Gasteiger partial charge is 0.493 e. The summed E-state index contributed by atoms with van der Waals surface area (Å²) in [6, 6.07) is 3.65. The van der Waals surface area contributed by atoms with Crippen molar-refractivity contribution in [3.05, 3.63) is 30.5 Å². The summed E-state index contributed by atoms with van der Waals surface area (Å²) in [4.78, 5) is 0. The zero-order valence-electron chi connectivity index (χ0n) is 15.7. The van der Waals surface area contributed by atoms with Crippen LogP contribution in [0, 0.1) is 5.41 Å². The number of nitrogens with one attached hydrogen (secondary N) is 1. The molecule has 1 aromatic heterocycles. The molecule has 0 aliphatic heterocycles. The standard InChI is InChI=1S/C15H17NO4.C4H9N/c1-9(2)11-8-20-16-14(11)10-6-12(17-3)15(19-5)13(7-10)18-4;1-3-4(2)5/h6-8H,1H2,2-5H3;5H,3H2,1-2H3. The molecule has 0 fully saturated rings. The Morgan fingerprint density at radius 3 is 2.00 bits per heavy atom. The van der Waals surface area contributed by atoms with Crippen LogP contribution in [0.2, 0.25) is 0 Å². The third kappa shape index (κ3) is 5.11. The van der Waals surface area contributed by atoms with Crippen LogP contribution in [0.4, 0.5) is 0 Å². The van der Waals surface area contributed by atoms with Gasteiger partial charge in [-0.3, -0.25) is 0 Å². The molecule has 0 atom stereocenters. The minimum absolute atomic E-state index is 0.541. The van der Waals surface area contributed by atoms with E-state index in [-0.39, 0.29) is 0 Å². The fraction of sp³-hybridized carbons (Fsp3) is 0.368. The van der Waals surface area contributed by atoms with Crippen molar-refractivity contribution in [2.75, 3.05) is 21.3 Å². The average molecular weight is 346 g/mol. The van der Waals surface area contributed by atoms with E-state index in [1.54, 1.807) is 34.5 Å². The van der Waals surface area contributed by atoms with Crippen LogP contribution < -0.4 is 14.2 Å². The van der Waals surface area contributed by atoms with Crippen molar-refractivity contribution in [1.82, 2.24) is 5.16 Å². The van der Waals surface area contributed by atoms with Crippen molar-refractivity contribution in [1.29, 1.82) is 5.41 Å². The summed E-state index contributed by atoms with van der Waals surface area (Å²) in [5.41, 5.74) is 3.97. The fourth-order valence-electron chi connectivity index (χ4n) is 1.97. The van der Waals surface area contributed by atoms with Gasteiger partial charge in [0.05, 0.1) is 21.3 Å². The summed E-state index contributed by atoms with van der Waals surface area (Å²) in [5, 5.41) is 10.8. The van der Waals surface area contributed by atoms with Gasteiger partial charge in [0.25, 0.3) is 0 Å². The Hall–Kier alpha value is -2.76. The summed E-state index contributed by atoms with van der Waals surface area (Å²) in [6.45, 7) is 9.59. The number of ether oxygens (including phenoxy) is 3. The third-order valence-electron chi connectivity index (χ3n) is 3.50. The molecule has 0 unspecified atom stereocenters. The lowest BCUT2D eigenvalue weighted by atomic mass is 10.0. The summed E-state index contributed by atoms with van der Waals surface area (Å²) in [6.07, 6.45) is 2.46. The highest BCUT2D eigenvalue weighted by atomic mass is 16.5. The molecule has 0 bridgehead atoms. The number of methoxy groups -OCH3 is 3. The van der Waals surface area contributed by atoms with E-state index in [9.17, 15) is 0 Å². The molecule has 136 valence electrons. The molecule has 25 heavy (non-hydrogen) atoms. The van der Waals surface area contributed by atoms with E-state index < -0.39 is 0 Å². The van der Waals surface area contributed by atoms with E-state index in [2.05, 4.69) is 11.7 Å². The first-order valence-electron chi connectivity index (χ1n) is 7.84. The molecule has 1 aromatic carbocycles. The molecule has 0 aliphatic rings. The molecule has 2 aromatic rings. The molecular weight excluding hydrogens is 320 g/mol. The van der Waals surface area contributed by atoms with Crippen molar-refractivity contribution in [2.45, 2.75) is 27.2 Å². The van der Waals surface area contributed by atoms with E-state index in [1.807, 2.05) is 26.0 Å². The first kappa shape index (κ1) is 20.3. The first-order chi connectivity index (χ1) is 11.9. The van der Waals surface area contributed by atoms with Gasteiger partial charge in [-0.05, 0) is 38.0 Å². The number of nitrogens with zero attached hydrogens (tertiary/aromatic N) is 1. The number of aromatic nitrogens is 1. The lowest BCUT2D eigenvalue weighted by Crippen LogP contribution is -1.96. The SMILES string of the molecule is C=C(C)c1conc1-c1cc(OC)c(OC)c(OC)c1.CCC(C)=N. The maximum atomic E-state index is 6.74. The van der Waals surface area contributed by atoms with Gasteiger partial charge < -0.3 is 24.1 Å². The predicted molar refractivity (Wildman–Crippen MR) is 100.0 cm³/mol. The lowest BCUT2D eigenvalue weighted by Gasteiger charge is -2.13. The van der Waals surface area contributed by atoms with Crippen LogP contribution in [-0.4, -0.2) is 32.2 Å². The highest BCUT2D eigenvalue weighted by Crippen LogP contribution is 2.42. The van der Waals surface area contributed by atoms with Gasteiger partial charge >= 0.3 is 0 Å². The molecule has 0 saturated carbocycles. The number of hydrogen-bond acceptors (Lipinski definition) is 6. The van der Waals surface area contributed by atoms with Gasteiger partial charge in [-0.25, -0.2) is 0 Å². The van der Waals surface area contributed by atoms with Crippen molar-refractivity contribution in [3.63, 3.8) is 0 Å². The van der Waals surface area contributed by atoms with Gasteiger partial charge in [0.15, 0.2) is 11.5 Å². The number of rotatable bonds is 6. The van der Waals surface area contributed by atoms with Crippen LogP contribution in [0.15, 0.2) is 29.5 Å². The highest BCUT2D eigenvalue weighted by molar-refractivity contribution is 5.79. The van der Waals surface area contributed by atoms with E-state index in [0.717, 1.165) is 28.8 Å². The topological polar surface area (TPSA) is 77.6 Å². The van der Waals surface area contributed by atoms with E-state index in [4.69, 9.17) is 24.1 Å². The Labute approximate surface area is 148 Å². The van der Waals surface area contributed by atoms with E-state index in [0.29, 0.717) is 22.9 Å². The molecule has 0 saturated heterocycles. The molecule has 0 spiro atoms. The molecule has 2 rings (SSSR count). The van der Waals surface area contributed by atoms with E-state index in [1.165, 1.54) is 0 Å². The number of hydrogen-bond donors (Lipinski definition) is 1. The molecular formula is C19H26N2O4. The van der Waals surface area contributed by atoms with Crippen LogP contribution in [-0.2, 0) is 0 Å². The maximum Gasteiger partial charge on any atom is 0.203 e. The van der Waals surface area contributed by atoms with Gasteiger partial charge in [0.1, 0.15) is 12.0 Å². The van der Waals surface area contributed by atoms with Gasteiger partial charge in [-0.15, -0.1) is 0 Å². The molecule has 0 aliphatic carbocycles. The van der Waals surface area contributed by atoms with Crippen LogP contribution >= 0.6 is 0 Å². The van der Waals surface area contributed by atoms with Crippen molar-refractivity contribution in [3.8, 4) is 28.5 Å². The number of benzene rings is 1. The van der Waals surface area contributed by atoms with Crippen LogP contribution in [0.3, 0.4) is 0 Å². The van der Waals surface area contributed by atoms with Crippen molar-refractivity contribution >= 4 is 11.3 Å². The first-order valence-corrected chi connectivity index (χ1v) is 7.84. The van der Waals surface area contributed by atoms with Gasteiger partial charge in [-0.1, -0.05) is 18.7 Å². The second-order valence-corrected chi connectivity index (χ2v) is 5.41. The van der Waals surface area contributed by atoms with Crippen LogP contribution in [0.5, 0.6) is 17.2 Å². The maximum absolute atomic E-state index is 6.74. The monoisotopic (exact) mass is 346 g/mol. The Balaban J connectivity index is 0.000000550. The lowest BCUT2D eigenvalue weighted by molar-refractivity contribution is 0.324. The van der Waals surface area contributed by atoms with Crippen LogP contribution in [0.1, 0.15) is 32.8 Å². The number of allylic oxidation sites excluding steroid dienone is 1. The second-order valence-electron chi connectivity index (χ2n) is 5.41. The normalized spacial score (nSPS) is 9.68. The smallest absolute Gasteiger partial charge is 0.203 e. The molecule has 1 heterocycles. The quantitative estimate of drug-likeness (QED) is 0.758. The van der Waals surface area contributed by atoms with Crippen molar-refractivity contribution < 1.29 is 18.7 Å². The minimum atomic E-state index is 0.541. The highest BCUT2D eigenvalue weighted by Gasteiger charge is 2.18. The second kappa shape index (κ2) is 9.52. The Kier molecular flexibility index (Phi) is 7.72. The van der Waals surface area contributed by atoms with Crippen molar-refractivity contribution in [2.24, 2.45) is 0 Å². The zero-order chi connectivity index (χ0) is 19.0. The van der Waals surface area contributed by atoms with Gasteiger partial charge in [-0.2, -0.15) is 0 Å². The fourth-order valence-corrected chi connectivity index (χ4v) is 1.97. The Bertz CT molecular complexity index is 710. The van der Waals surface area contributed by atoms with Gasteiger partial charge in [0, 0.05) is 16.8 Å². The molecule has 6 nitrogen and oxygen atoms in total. The third-order valence-corrected chi connectivity index (χ3v) is 3.50. The Morgan fingerprint density at radius 1 is 1.12 bits per heavy atom. The molecule has 1 N–H and O–H groups in total. The minimum Gasteiger partial charge on any atom is -0.493 e. The molecule has 6 heteroatoms. The summed E-state index contributed by atoms with van der Waals surface area (Å²) in [5.74, 6) is 1.68. The summed E-state index contributed by atoms with van der Waals surface area (Å²) < 4.78 is 21.0. The molecule has 0 radical (unpaired) electrons. The van der Waals surface area contributed by atoms with E-state index >= 15 is 0 Å². The Morgan fingerprint density at radius 2 is 1.64 bits per heavy atom. The van der Waals surface area contributed by atoms with Gasteiger partial charge in [0.2, 0.25) is 5.75 Å². The summed E-state index contributed by atoms with van der Waals surface area (Å²) >= 11 is 0. The zero-order valence-corrected chi connectivity index (χ0v) is 15.7. The molecule has 0 amide bonds. The predicted octanol–water partition coefficient (Wildman–Crippen LogP) is 4.84. The average Bonchev–Trinajstić information content (AvgIpc) is 3.10. The van der Waals surface area contributed by atoms with Crippen LogP contribution in [0.25, 0.3) is 16.8 Å².